The van der Waals surface area contributed by atoms with Crippen LogP contribution >= 0.6 is 11.6 Å². The summed E-state index contributed by atoms with van der Waals surface area (Å²) in [7, 11) is 3.38. The lowest BCUT2D eigenvalue weighted by atomic mass is 10.1. The molecular weight excluding hydrogens is 362 g/mol. The van der Waals surface area contributed by atoms with E-state index in [1.807, 2.05) is 0 Å². The summed E-state index contributed by atoms with van der Waals surface area (Å²) in [6, 6.07) is 7.40. The second-order valence-electron chi connectivity index (χ2n) is 5.78. The van der Waals surface area contributed by atoms with Gasteiger partial charge in [-0.1, -0.05) is 11.6 Å². The molecule has 0 saturated heterocycles. The summed E-state index contributed by atoms with van der Waals surface area (Å²) >= 11 is 6.18. The first-order chi connectivity index (χ1) is 12.4. The van der Waals surface area contributed by atoms with Gasteiger partial charge in [0.1, 0.15) is 18.9 Å². The molecule has 1 N–H and O–H groups in total. The Kier molecular flexibility index (Phi) is 4.85. The second-order valence-corrected chi connectivity index (χ2v) is 6.19. The van der Waals surface area contributed by atoms with Crippen LogP contribution in [0.3, 0.4) is 0 Å². The highest BCUT2D eigenvalue weighted by molar-refractivity contribution is 6.34. The quantitative estimate of drug-likeness (QED) is 0.648. The van der Waals surface area contributed by atoms with E-state index in [1.165, 1.54) is 18.2 Å². The van der Waals surface area contributed by atoms with Crippen molar-refractivity contribution in [2.75, 3.05) is 37.5 Å². The Morgan fingerprint density at radius 2 is 1.85 bits per heavy atom. The molecule has 1 heterocycles. The van der Waals surface area contributed by atoms with Crippen LogP contribution in [0.5, 0.6) is 11.5 Å². The third kappa shape index (κ3) is 3.50. The highest BCUT2D eigenvalue weighted by atomic mass is 35.5. The van der Waals surface area contributed by atoms with Gasteiger partial charge < -0.3 is 19.7 Å². The van der Waals surface area contributed by atoms with Crippen molar-refractivity contribution < 1.29 is 19.2 Å². The van der Waals surface area contributed by atoms with Gasteiger partial charge in [-0.15, -0.1) is 0 Å². The van der Waals surface area contributed by atoms with Crippen LogP contribution in [0.2, 0.25) is 5.02 Å². The molecule has 26 heavy (non-hydrogen) atoms. The number of nitrogens with zero attached hydrogens (tertiary/aromatic N) is 2. The number of nitro groups is 1. The number of fused-ring (bicyclic) bond motifs is 1. The molecule has 0 aromatic heterocycles. The van der Waals surface area contributed by atoms with Gasteiger partial charge in [0.2, 0.25) is 0 Å². The molecule has 3 rings (SSSR count). The minimum absolute atomic E-state index is 0.147. The summed E-state index contributed by atoms with van der Waals surface area (Å²) in [6.45, 7) is 0.830. The third-order valence-electron chi connectivity index (χ3n) is 3.80. The number of benzene rings is 2. The Bertz CT molecular complexity index is 885. The fraction of sp³-hybridized carbons (Fsp3) is 0.235. The van der Waals surface area contributed by atoms with Crippen molar-refractivity contribution >= 4 is 34.6 Å². The van der Waals surface area contributed by atoms with Crippen LogP contribution < -0.4 is 19.7 Å². The van der Waals surface area contributed by atoms with Crippen molar-refractivity contribution in [3.05, 3.63) is 51.0 Å². The molecule has 0 atom stereocenters. The largest absolute Gasteiger partial charge is 0.486 e. The maximum atomic E-state index is 12.5. The Morgan fingerprint density at radius 3 is 2.46 bits per heavy atom. The Balaban J connectivity index is 1.89. The summed E-state index contributed by atoms with van der Waals surface area (Å²) < 4.78 is 10.9. The minimum Gasteiger partial charge on any atom is -0.486 e. The number of rotatable bonds is 4. The van der Waals surface area contributed by atoms with Gasteiger partial charge in [-0.3, -0.25) is 14.9 Å². The summed E-state index contributed by atoms with van der Waals surface area (Å²) in [5.74, 6) is 0.465. The molecule has 0 spiro atoms. The zero-order valence-corrected chi connectivity index (χ0v) is 14.9. The smallest absolute Gasteiger partial charge is 0.293 e. The number of halogens is 1. The SMILES string of the molecule is CN(C)c1ccc(C(=O)Nc2cc3c(cc2Cl)OCCO3)cc1[N+](=O)[O-]. The van der Waals surface area contributed by atoms with E-state index < -0.39 is 10.8 Å². The number of hydrogen-bond acceptors (Lipinski definition) is 6. The molecule has 2 aromatic rings. The number of anilines is 2. The van der Waals surface area contributed by atoms with E-state index in [1.54, 1.807) is 31.1 Å². The van der Waals surface area contributed by atoms with E-state index in [0.717, 1.165) is 0 Å². The first kappa shape index (κ1) is 17.8. The summed E-state index contributed by atoms with van der Waals surface area (Å²) in [4.78, 5) is 24.9. The van der Waals surface area contributed by atoms with Crippen molar-refractivity contribution in [3.63, 3.8) is 0 Å². The van der Waals surface area contributed by atoms with E-state index in [9.17, 15) is 14.9 Å². The topological polar surface area (TPSA) is 93.9 Å². The van der Waals surface area contributed by atoms with E-state index in [0.29, 0.717) is 36.1 Å². The molecular formula is C17H16ClN3O5. The van der Waals surface area contributed by atoms with E-state index in [2.05, 4.69) is 5.32 Å². The number of carbonyl (C=O) groups excluding carboxylic acids is 1. The molecule has 1 amide bonds. The highest BCUT2D eigenvalue weighted by Gasteiger charge is 2.21. The normalized spacial score (nSPS) is 12.4. The number of amides is 1. The van der Waals surface area contributed by atoms with Crippen LogP contribution in [0.15, 0.2) is 30.3 Å². The molecule has 0 saturated carbocycles. The van der Waals surface area contributed by atoms with Gasteiger partial charge >= 0.3 is 0 Å². The van der Waals surface area contributed by atoms with Gasteiger partial charge in [0, 0.05) is 37.9 Å². The number of nitrogens with one attached hydrogen (secondary N) is 1. The number of hydrogen-bond donors (Lipinski definition) is 1. The van der Waals surface area contributed by atoms with Gasteiger partial charge in [0.05, 0.1) is 15.6 Å². The van der Waals surface area contributed by atoms with Gasteiger partial charge in [-0.25, -0.2) is 0 Å². The molecule has 0 fully saturated rings. The Hall–Kier alpha value is -3.00. The molecule has 0 unspecified atom stereocenters. The third-order valence-corrected chi connectivity index (χ3v) is 4.11. The number of ether oxygens (including phenoxy) is 2. The van der Waals surface area contributed by atoms with Crippen LogP contribution in [-0.4, -0.2) is 38.1 Å². The standard InChI is InChI=1S/C17H16ClN3O5/c1-20(2)13-4-3-10(7-14(13)21(23)24)17(22)19-12-9-16-15(8-11(12)18)25-5-6-26-16/h3-4,7-9H,5-6H2,1-2H3,(H,19,22). The molecule has 1 aliphatic rings. The van der Waals surface area contributed by atoms with E-state index >= 15 is 0 Å². The molecule has 136 valence electrons. The monoisotopic (exact) mass is 377 g/mol. The Labute approximate surface area is 154 Å². The van der Waals surface area contributed by atoms with Crippen LogP contribution in [0.1, 0.15) is 10.4 Å². The first-order valence-corrected chi connectivity index (χ1v) is 8.11. The average Bonchev–Trinajstić information content (AvgIpc) is 2.61. The zero-order chi connectivity index (χ0) is 18.8. The molecule has 8 nitrogen and oxygen atoms in total. The van der Waals surface area contributed by atoms with Crippen LogP contribution in [0, 0.1) is 10.1 Å². The van der Waals surface area contributed by atoms with Crippen LogP contribution in [-0.2, 0) is 0 Å². The van der Waals surface area contributed by atoms with Gasteiger partial charge in [0.25, 0.3) is 11.6 Å². The average molecular weight is 378 g/mol. The lowest BCUT2D eigenvalue weighted by molar-refractivity contribution is -0.384. The Morgan fingerprint density at radius 1 is 1.19 bits per heavy atom. The van der Waals surface area contributed by atoms with Crippen molar-refractivity contribution in [1.29, 1.82) is 0 Å². The maximum absolute atomic E-state index is 12.5. The van der Waals surface area contributed by atoms with Crippen molar-refractivity contribution in [2.45, 2.75) is 0 Å². The van der Waals surface area contributed by atoms with Gasteiger partial charge in [-0.2, -0.15) is 0 Å². The number of carbonyl (C=O) groups is 1. The second kappa shape index (κ2) is 7.09. The fourth-order valence-electron chi connectivity index (χ4n) is 2.54. The molecule has 0 aliphatic carbocycles. The highest BCUT2D eigenvalue weighted by Crippen LogP contribution is 2.38. The minimum atomic E-state index is -0.525. The van der Waals surface area contributed by atoms with Crippen LogP contribution in [0.4, 0.5) is 17.1 Å². The number of nitro benzene ring substituents is 1. The lowest BCUT2D eigenvalue weighted by Crippen LogP contribution is -2.17. The zero-order valence-electron chi connectivity index (χ0n) is 14.1. The van der Waals surface area contributed by atoms with Crippen molar-refractivity contribution in [1.82, 2.24) is 0 Å². The summed E-state index contributed by atoms with van der Waals surface area (Å²) in [6.07, 6.45) is 0. The first-order valence-electron chi connectivity index (χ1n) is 7.73. The van der Waals surface area contributed by atoms with Crippen LogP contribution in [0.25, 0.3) is 0 Å². The fourth-order valence-corrected chi connectivity index (χ4v) is 2.74. The predicted octanol–water partition coefficient (Wildman–Crippen LogP) is 3.34. The summed E-state index contributed by atoms with van der Waals surface area (Å²) in [5, 5.41) is 14.2. The lowest BCUT2D eigenvalue weighted by Gasteiger charge is -2.20. The van der Waals surface area contributed by atoms with Gasteiger partial charge in [0.15, 0.2) is 11.5 Å². The molecule has 0 radical (unpaired) electrons. The molecule has 9 heteroatoms. The predicted molar refractivity (Wildman–Crippen MR) is 97.8 cm³/mol. The molecule has 0 bridgehead atoms. The summed E-state index contributed by atoms with van der Waals surface area (Å²) in [5.41, 5.74) is 0.730. The van der Waals surface area contributed by atoms with E-state index in [4.69, 9.17) is 21.1 Å². The van der Waals surface area contributed by atoms with Gasteiger partial charge in [-0.05, 0) is 12.1 Å². The van der Waals surface area contributed by atoms with E-state index in [-0.39, 0.29) is 16.3 Å². The molecule has 1 aliphatic heterocycles. The van der Waals surface area contributed by atoms with Crippen molar-refractivity contribution in [2.24, 2.45) is 0 Å². The molecule has 2 aromatic carbocycles. The maximum Gasteiger partial charge on any atom is 0.293 e. The van der Waals surface area contributed by atoms with Crippen molar-refractivity contribution in [3.8, 4) is 11.5 Å².